The summed E-state index contributed by atoms with van der Waals surface area (Å²) in [5, 5.41) is 0. The Morgan fingerprint density at radius 2 is 2.22 bits per heavy atom. The molecule has 4 heteroatoms. The Balaban J connectivity index is 1.78. The largest absolute Gasteiger partial charge is 0.493 e. The first-order valence-electron chi connectivity index (χ1n) is 5.98. The van der Waals surface area contributed by atoms with Crippen LogP contribution in [0.1, 0.15) is 22.0 Å². The minimum absolute atomic E-state index is 0.0191. The van der Waals surface area contributed by atoms with Crippen LogP contribution in [0, 0.1) is 0 Å². The number of hydrogen-bond donors (Lipinski definition) is 1. The predicted octanol–water partition coefficient (Wildman–Crippen LogP) is 3.58. The van der Waals surface area contributed by atoms with Crippen LogP contribution in [0.5, 0.6) is 5.75 Å². The van der Waals surface area contributed by atoms with Crippen LogP contribution in [0.4, 0.5) is 0 Å². The van der Waals surface area contributed by atoms with E-state index in [1.807, 2.05) is 18.2 Å². The van der Waals surface area contributed by atoms with Gasteiger partial charge in [0.05, 0.1) is 10.9 Å². The Hall–Kier alpha value is -1.03. The average Bonchev–Trinajstić information content (AvgIpc) is 2.96. The third-order valence-electron chi connectivity index (χ3n) is 3.19. The van der Waals surface area contributed by atoms with Crippen molar-refractivity contribution in [1.82, 2.24) is 0 Å². The van der Waals surface area contributed by atoms with Gasteiger partial charge < -0.3 is 10.5 Å². The summed E-state index contributed by atoms with van der Waals surface area (Å²) in [6.45, 7) is 0.786. The fraction of sp³-hybridized carbons (Fsp3) is 0.286. The van der Waals surface area contributed by atoms with Gasteiger partial charge in [0.25, 0.3) is 0 Å². The Morgan fingerprint density at radius 1 is 1.33 bits per heavy atom. The first-order chi connectivity index (χ1) is 8.72. The summed E-state index contributed by atoms with van der Waals surface area (Å²) in [6, 6.07) is 10.2. The second-order valence-electron chi connectivity index (χ2n) is 4.48. The van der Waals surface area contributed by atoms with Crippen LogP contribution in [-0.2, 0) is 12.8 Å². The average molecular weight is 280 g/mol. The first-order valence-corrected chi connectivity index (χ1v) is 7.17. The number of rotatable bonds is 3. The summed E-state index contributed by atoms with van der Waals surface area (Å²) in [6.07, 6.45) is 1.82. The molecule has 0 saturated carbocycles. The quantitative estimate of drug-likeness (QED) is 0.932. The van der Waals surface area contributed by atoms with Gasteiger partial charge in [-0.15, -0.1) is 11.3 Å². The molecule has 1 aliphatic heterocycles. The van der Waals surface area contributed by atoms with Crippen molar-refractivity contribution in [2.24, 2.45) is 5.73 Å². The molecule has 1 atom stereocenters. The zero-order chi connectivity index (χ0) is 12.5. The van der Waals surface area contributed by atoms with Gasteiger partial charge in [-0.3, -0.25) is 0 Å². The van der Waals surface area contributed by atoms with Crippen molar-refractivity contribution in [3.8, 4) is 5.75 Å². The molecule has 2 heterocycles. The molecule has 1 aromatic heterocycles. The second kappa shape index (κ2) is 4.92. The highest BCUT2D eigenvalue weighted by molar-refractivity contribution is 7.16. The van der Waals surface area contributed by atoms with Gasteiger partial charge in [0.1, 0.15) is 5.75 Å². The zero-order valence-corrected chi connectivity index (χ0v) is 11.4. The van der Waals surface area contributed by atoms with Gasteiger partial charge in [-0.05, 0) is 29.3 Å². The van der Waals surface area contributed by atoms with Crippen molar-refractivity contribution in [1.29, 1.82) is 0 Å². The van der Waals surface area contributed by atoms with Crippen LogP contribution in [0.25, 0.3) is 0 Å². The lowest BCUT2D eigenvalue weighted by atomic mass is 10.0. The SMILES string of the molecule is NC(Cc1ccc(Cl)s1)c1ccc2c(c1)CCO2. The van der Waals surface area contributed by atoms with Gasteiger partial charge in [-0.1, -0.05) is 23.7 Å². The number of thiophene rings is 1. The number of ether oxygens (including phenoxy) is 1. The van der Waals surface area contributed by atoms with Crippen LogP contribution >= 0.6 is 22.9 Å². The van der Waals surface area contributed by atoms with E-state index in [2.05, 4.69) is 12.1 Å². The highest BCUT2D eigenvalue weighted by atomic mass is 35.5. The van der Waals surface area contributed by atoms with Gasteiger partial charge in [-0.25, -0.2) is 0 Å². The zero-order valence-electron chi connectivity index (χ0n) is 9.86. The normalized spacial score (nSPS) is 15.2. The summed E-state index contributed by atoms with van der Waals surface area (Å²) in [5.41, 5.74) is 8.69. The highest BCUT2D eigenvalue weighted by Gasteiger charge is 2.15. The van der Waals surface area contributed by atoms with E-state index < -0.39 is 0 Å². The maximum atomic E-state index is 6.25. The van der Waals surface area contributed by atoms with Crippen LogP contribution in [0.2, 0.25) is 4.34 Å². The summed E-state index contributed by atoms with van der Waals surface area (Å²) in [4.78, 5) is 1.23. The molecule has 1 aromatic carbocycles. The maximum Gasteiger partial charge on any atom is 0.122 e. The molecule has 0 fully saturated rings. The van der Waals surface area contributed by atoms with Crippen LogP contribution in [0.15, 0.2) is 30.3 Å². The molecule has 1 unspecified atom stereocenters. The van der Waals surface area contributed by atoms with Crippen LogP contribution in [0.3, 0.4) is 0 Å². The van der Waals surface area contributed by atoms with E-state index in [0.29, 0.717) is 0 Å². The second-order valence-corrected chi connectivity index (χ2v) is 6.28. The smallest absolute Gasteiger partial charge is 0.122 e. The molecular formula is C14H14ClNOS. The fourth-order valence-electron chi connectivity index (χ4n) is 2.23. The Kier molecular flexibility index (Phi) is 3.29. The summed E-state index contributed by atoms with van der Waals surface area (Å²) < 4.78 is 6.32. The minimum Gasteiger partial charge on any atom is -0.493 e. The van der Waals surface area contributed by atoms with E-state index in [4.69, 9.17) is 22.1 Å². The molecule has 0 saturated heterocycles. The predicted molar refractivity (Wildman–Crippen MR) is 75.6 cm³/mol. The van der Waals surface area contributed by atoms with E-state index in [1.165, 1.54) is 16.0 Å². The molecule has 0 aliphatic carbocycles. The summed E-state index contributed by atoms with van der Waals surface area (Å²) in [7, 11) is 0. The van der Waals surface area contributed by atoms with Gasteiger partial charge >= 0.3 is 0 Å². The van der Waals surface area contributed by atoms with E-state index in [9.17, 15) is 0 Å². The molecule has 2 aromatic rings. The Labute approximate surface area is 115 Å². The topological polar surface area (TPSA) is 35.2 Å². The molecule has 3 rings (SSSR count). The van der Waals surface area contributed by atoms with Crippen molar-refractivity contribution in [2.45, 2.75) is 18.9 Å². The molecule has 0 bridgehead atoms. The number of fused-ring (bicyclic) bond motifs is 1. The van der Waals surface area contributed by atoms with Gasteiger partial charge in [0.15, 0.2) is 0 Å². The van der Waals surface area contributed by atoms with E-state index in [1.54, 1.807) is 11.3 Å². The van der Waals surface area contributed by atoms with Crippen LogP contribution in [-0.4, -0.2) is 6.61 Å². The molecule has 94 valence electrons. The summed E-state index contributed by atoms with van der Waals surface area (Å²) in [5.74, 6) is 1.00. The van der Waals surface area contributed by atoms with Crippen molar-refractivity contribution >= 4 is 22.9 Å². The van der Waals surface area contributed by atoms with Crippen molar-refractivity contribution in [2.75, 3.05) is 6.61 Å². The van der Waals surface area contributed by atoms with E-state index in [0.717, 1.165) is 29.5 Å². The Morgan fingerprint density at radius 3 is 3.00 bits per heavy atom. The molecular weight excluding hydrogens is 266 g/mol. The van der Waals surface area contributed by atoms with E-state index >= 15 is 0 Å². The minimum atomic E-state index is 0.0191. The number of hydrogen-bond acceptors (Lipinski definition) is 3. The van der Waals surface area contributed by atoms with Gasteiger partial charge in [0.2, 0.25) is 0 Å². The third kappa shape index (κ3) is 2.39. The molecule has 2 nitrogen and oxygen atoms in total. The molecule has 1 aliphatic rings. The van der Waals surface area contributed by atoms with Crippen molar-refractivity contribution < 1.29 is 4.74 Å². The van der Waals surface area contributed by atoms with E-state index in [-0.39, 0.29) is 6.04 Å². The molecule has 2 N–H and O–H groups in total. The molecule has 0 amide bonds. The third-order valence-corrected chi connectivity index (χ3v) is 4.45. The first kappa shape index (κ1) is 12.0. The summed E-state index contributed by atoms with van der Waals surface area (Å²) >= 11 is 7.52. The van der Waals surface area contributed by atoms with Crippen molar-refractivity contribution in [3.05, 3.63) is 50.7 Å². The standard InChI is InChI=1S/C14H14ClNOS/c15-14-4-2-11(18-14)8-12(16)9-1-3-13-10(7-9)5-6-17-13/h1-4,7,12H,5-6,8,16H2. The number of benzene rings is 1. The number of nitrogens with two attached hydrogens (primary N) is 1. The molecule has 18 heavy (non-hydrogen) atoms. The lowest BCUT2D eigenvalue weighted by Crippen LogP contribution is -2.12. The molecule has 0 radical (unpaired) electrons. The number of halogens is 1. The lowest BCUT2D eigenvalue weighted by molar-refractivity contribution is 0.357. The molecule has 0 spiro atoms. The van der Waals surface area contributed by atoms with Gasteiger partial charge in [-0.2, -0.15) is 0 Å². The lowest BCUT2D eigenvalue weighted by Gasteiger charge is -2.12. The van der Waals surface area contributed by atoms with Crippen molar-refractivity contribution in [3.63, 3.8) is 0 Å². The Bertz CT molecular complexity index is 567. The maximum absolute atomic E-state index is 6.25. The highest BCUT2D eigenvalue weighted by Crippen LogP contribution is 2.30. The van der Waals surface area contributed by atoms with Crippen LogP contribution < -0.4 is 10.5 Å². The fourth-order valence-corrected chi connectivity index (χ4v) is 3.38. The monoisotopic (exact) mass is 279 g/mol. The van der Waals surface area contributed by atoms with Gasteiger partial charge in [0, 0.05) is 23.8 Å².